The minimum Gasteiger partial charge on any atom is -0.314 e. The molecular formula is C3H4F3NO. The number of hydrogen-bond donors (Lipinski definition) is 1. The average Bonchev–Trinajstić information content (AvgIpc) is 1.62. The Morgan fingerprint density at radius 1 is 1.50 bits per heavy atom. The van der Waals surface area contributed by atoms with Crippen LogP contribution in [0.15, 0.2) is 0 Å². The molecule has 0 amide bonds. The Kier molecular flexibility index (Phi) is 1.97. The van der Waals surface area contributed by atoms with E-state index in [4.69, 9.17) is 0 Å². The van der Waals surface area contributed by atoms with Gasteiger partial charge in [0, 0.05) is 0 Å². The van der Waals surface area contributed by atoms with Crippen LogP contribution in [0.25, 0.3) is 0 Å². The molecule has 0 bridgehead atoms. The molecule has 48 valence electrons. The summed E-state index contributed by atoms with van der Waals surface area (Å²) in [6.45, 7) is 0. The van der Waals surface area contributed by atoms with Crippen molar-refractivity contribution in [2.45, 2.75) is 12.2 Å². The summed E-state index contributed by atoms with van der Waals surface area (Å²) in [6.07, 6.45) is -4.93. The molecule has 0 aliphatic heterocycles. The van der Waals surface area contributed by atoms with Crippen LogP contribution in [-0.2, 0) is 4.79 Å². The highest BCUT2D eigenvalue weighted by atomic mass is 19.4. The first-order valence-corrected chi connectivity index (χ1v) is 1.76. The Hall–Kier alpha value is -0.580. The summed E-state index contributed by atoms with van der Waals surface area (Å²) in [5, 5.41) is 0. The van der Waals surface area contributed by atoms with Crippen LogP contribution in [-0.4, -0.2) is 18.5 Å². The monoisotopic (exact) mass is 127 g/mol. The van der Waals surface area contributed by atoms with Gasteiger partial charge in [0.1, 0.15) is 6.29 Å². The predicted octanol–water partition coefficient (Wildman–Crippen LogP) is 0.0749. The lowest BCUT2D eigenvalue weighted by Gasteiger charge is -2.06. The lowest BCUT2D eigenvalue weighted by atomic mass is 10.3. The van der Waals surface area contributed by atoms with Crippen molar-refractivity contribution in [1.29, 1.82) is 0 Å². The van der Waals surface area contributed by atoms with E-state index in [1.54, 1.807) is 0 Å². The Morgan fingerprint density at radius 2 is 1.88 bits per heavy atom. The van der Waals surface area contributed by atoms with E-state index in [1.165, 1.54) is 0 Å². The van der Waals surface area contributed by atoms with E-state index in [2.05, 4.69) is 5.73 Å². The molecule has 0 saturated carbocycles. The van der Waals surface area contributed by atoms with Gasteiger partial charge in [-0.2, -0.15) is 13.2 Å². The molecule has 0 heterocycles. The van der Waals surface area contributed by atoms with Gasteiger partial charge >= 0.3 is 6.18 Å². The fraction of sp³-hybridized carbons (Fsp3) is 0.667. The van der Waals surface area contributed by atoms with E-state index in [1.807, 2.05) is 0 Å². The fourth-order valence-corrected chi connectivity index (χ4v) is 0.0772. The molecule has 1 atom stereocenters. The molecule has 5 heteroatoms. The second-order valence-corrected chi connectivity index (χ2v) is 1.20. The minimum absolute atomic E-state index is 0.347. The van der Waals surface area contributed by atoms with Gasteiger partial charge in [-0.15, -0.1) is 0 Å². The SMILES string of the molecule is NC(C=O)C(F)(F)F. The predicted molar refractivity (Wildman–Crippen MR) is 20.1 cm³/mol. The highest BCUT2D eigenvalue weighted by molar-refractivity contribution is 5.58. The first kappa shape index (κ1) is 7.42. The molecule has 0 aliphatic carbocycles. The molecule has 0 spiro atoms. The van der Waals surface area contributed by atoms with Crippen LogP contribution in [0, 0.1) is 0 Å². The molecule has 0 aromatic carbocycles. The number of hydrogen-bond acceptors (Lipinski definition) is 2. The number of alkyl halides is 3. The maximum absolute atomic E-state index is 11.1. The van der Waals surface area contributed by atoms with Crippen LogP contribution >= 0.6 is 0 Å². The summed E-state index contributed by atoms with van der Waals surface area (Å²) in [5.74, 6) is 0. The van der Waals surface area contributed by atoms with Crippen molar-refractivity contribution in [3.8, 4) is 0 Å². The quantitative estimate of drug-likeness (QED) is 0.506. The van der Waals surface area contributed by atoms with Crippen molar-refractivity contribution in [3.63, 3.8) is 0 Å². The van der Waals surface area contributed by atoms with Crippen molar-refractivity contribution < 1.29 is 18.0 Å². The van der Waals surface area contributed by atoms with Gasteiger partial charge < -0.3 is 10.5 Å². The van der Waals surface area contributed by atoms with Crippen molar-refractivity contribution in [2.75, 3.05) is 0 Å². The molecule has 1 unspecified atom stereocenters. The maximum atomic E-state index is 11.1. The van der Waals surface area contributed by atoms with Gasteiger partial charge in [0.15, 0.2) is 6.04 Å². The third kappa shape index (κ3) is 1.92. The van der Waals surface area contributed by atoms with Crippen molar-refractivity contribution in [3.05, 3.63) is 0 Å². The maximum Gasteiger partial charge on any atom is 0.410 e. The second-order valence-electron chi connectivity index (χ2n) is 1.20. The minimum atomic E-state index is -4.58. The molecule has 0 saturated heterocycles. The smallest absolute Gasteiger partial charge is 0.314 e. The van der Waals surface area contributed by atoms with Gasteiger partial charge in [0.05, 0.1) is 0 Å². The van der Waals surface area contributed by atoms with Crippen LogP contribution < -0.4 is 5.73 Å². The largest absolute Gasteiger partial charge is 0.410 e. The van der Waals surface area contributed by atoms with Crippen LogP contribution in [0.3, 0.4) is 0 Å². The molecule has 2 nitrogen and oxygen atoms in total. The van der Waals surface area contributed by atoms with Gasteiger partial charge in [-0.05, 0) is 0 Å². The number of carbonyl (C=O) groups is 1. The number of nitrogens with two attached hydrogens (primary N) is 1. The van der Waals surface area contributed by atoms with Gasteiger partial charge in [0.2, 0.25) is 0 Å². The van der Waals surface area contributed by atoms with Crippen LogP contribution in [0.5, 0.6) is 0 Å². The fourth-order valence-electron chi connectivity index (χ4n) is 0.0772. The molecule has 0 fully saturated rings. The Bertz CT molecular complexity index is 89.0. The van der Waals surface area contributed by atoms with Crippen LogP contribution in [0.2, 0.25) is 0 Å². The highest BCUT2D eigenvalue weighted by Crippen LogP contribution is 2.16. The van der Waals surface area contributed by atoms with Crippen LogP contribution in [0.1, 0.15) is 0 Å². The first-order chi connectivity index (χ1) is 3.48. The molecule has 8 heavy (non-hydrogen) atoms. The van der Waals surface area contributed by atoms with E-state index < -0.39 is 12.2 Å². The number of aldehydes is 1. The van der Waals surface area contributed by atoms with E-state index in [0.29, 0.717) is 0 Å². The van der Waals surface area contributed by atoms with Crippen LogP contribution in [0.4, 0.5) is 13.2 Å². The van der Waals surface area contributed by atoms with Gasteiger partial charge in [-0.1, -0.05) is 0 Å². The molecule has 0 radical (unpaired) electrons. The summed E-state index contributed by atoms with van der Waals surface area (Å²) in [7, 11) is 0. The summed E-state index contributed by atoms with van der Waals surface area (Å²) in [6, 6.07) is -2.33. The highest BCUT2D eigenvalue weighted by Gasteiger charge is 2.36. The molecule has 2 N–H and O–H groups in total. The van der Waals surface area contributed by atoms with E-state index in [0.717, 1.165) is 0 Å². The van der Waals surface area contributed by atoms with Gasteiger partial charge in [-0.3, -0.25) is 0 Å². The third-order valence-electron chi connectivity index (χ3n) is 0.525. The zero-order chi connectivity index (χ0) is 6.78. The Labute approximate surface area is 43.5 Å². The van der Waals surface area contributed by atoms with Gasteiger partial charge in [0.25, 0.3) is 0 Å². The number of carbonyl (C=O) groups excluding carboxylic acids is 1. The zero-order valence-corrected chi connectivity index (χ0v) is 3.77. The first-order valence-electron chi connectivity index (χ1n) is 1.76. The van der Waals surface area contributed by atoms with E-state index in [9.17, 15) is 18.0 Å². The van der Waals surface area contributed by atoms with Crippen molar-refractivity contribution in [1.82, 2.24) is 0 Å². The van der Waals surface area contributed by atoms with E-state index >= 15 is 0 Å². The normalized spacial score (nSPS) is 15.5. The molecule has 0 rings (SSSR count). The average molecular weight is 127 g/mol. The van der Waals surface area contributed by atoms with E-state index in [-0.39, 0.29) is 6.29 Å². The summed E-state index contributed by atoms with van der Waals surface area (Å²) in [4.78, 5) is 9.31. The molecule has 0 aliphatic rings. The lowest BCUT2D eigenvalue weighted by molar-refractivity contribution is -0.153. The molecular weight excluding hydrogens is 123 g/mol. The lowest BCUT2D eigenvalue weighted by Crippen LogP contribution is -2.38. The van der Waals surface area contributed by atoms with Gasteiger partial charge in [-0.25, -0.2) is 0 Å². The summed E-state index contributed by atoms with van der Waals surface area (Å²) < 4.78 is 33.3. The van der Waals surface area contributed by atoms with Crippen molar-refractivity contribution in [2.24, 2.45) is 5.73 Å². The number of rotatable bonds is 1. The standard InChI is InChI=1S/C3H4F3NO/c4-3(5,6)2(7)1-8/h1-2H,7H2. The summed E-state index contributed by atoms with van der Waals surface area (Å²) in [5.41, 5.74) is 4.26. The topological polar surface area (TPSA) is 43.1 Å². The zero-order valence-electron chi connectivity index (χ0n) is 3.77. The third-order valence-corrected chi connectivity index (χ3v) is 0.525. The number of halogens is 3. The van der Waals surface area contributed by atoms with Crippen molar-refractivity contribution >= 4 is 6.29 Å². The second kappa shape index (κ2) is 2.13. The molecule has 0 aromatic rings. The Morgan fingerprint density at radius 3 is 1.88 bits per heavy atom. The Balaban J connectivity index is 3.80. The summed E-state index contributed by atoms with van der Waals surface area (Å²) >= 11 is 0. The molecule has 0 aromatic heterocycles.